The minimum atomic E-state index is -0.692. The molecule has 2 aromatic carbocycles. The summed E-state index contributed by atoms with van der Waals surface area (Å²) in [7, 11) is 1.23. The van der Waals surface area contributed by atoms with Crippen molar-refractivity contribution in [1.82, 2.24) is 0 Å². The van der Waals surface area contributed by atoms with Gasteiger partial charge in [0.05, 0.1) is 23.9 Å². The number of methoxy groups -OCH3 is 1. The zero-order valence-corrected chi connectivity index (χ0v) is 12.2. The fourth-order valence-electron chi connectivity index (χ4n) is 2.35. The van der Waals surface area contributed by atoms with E-state index < -0.39 is 17.8 Å². The molecule has 0 spiro atoms. The molecule has 0 radical (unpaired) electrons. The van der Waals surface area contributed by atoms with Crippen molar-refractivity contribution in [2.45, 2.75) is 0 Å². The molecule has 0 saturated carbocycles. The number of fused-ring (bicyclic) bond motifs is 1. The Labute approximate surface area is 132 Å². The molecule has 3 rings (SSSR count). The van der Waals surface area contributed by atoms with Gasteiger partial charge in [-0.2, -0.15) is 0 Å². The standard InChI is InChI=1S/C18H11NO4/c1-23-16(20)11-10-12-6-2-5-9-15(12)19-17(21)13-7-3-4-8-14(13)18(19)22/h2-9H,1H3. The largest absolute Gasteiger partial charge is 0.459 e. The van der Waals surface area contributed by atoms with Gasteiger partial charge in [0.2, 0.25) is 0 Å². The number of rotatable bonds is 1. The van der Waals surface area contributed by atoms with Crippen molar-refractivity contribution in [3.8, 4) is 11.8 Å². The van der Waals surface area contributed by atoms with Crippen molar-refractivity contribution in [2.24, 2.45) is 0 Å². The fourth-order valence-corrected chi connectivity index (χ4v) is 2.35. The maximum absolute atomic E-state index is 12.5. The second-order valence-corrected chi connectivity index (χ2v) is 4.75. The summed E-state index contributed by atoms with van der Waals surface area (Å²) < 4.78 is 4.47. The highest BCUT2D eigenvalue weighted by molar-refractivity contribution is 6.34. The Morgan fingerprint density at radius 2 is 1.52 bits per heavy atom. The fraction of sp³-hybridized carbons (Fsp3) is 0.0556. The van der Waals surface area contributed by atoms with Crippen molar-refractivity contribution in [3.05, 3.63) is 65.2 Å². The lowest BCUT2D eigenvalue weighted by molar-refractivity contribution is -0.133. The summed E-state index contributed by atoms with van der Waals surface area (Å²) in [6, 6.07) is 13.3. The van der Waals surface area contributed by atoms with Gasteiger partial charge < -0.3 is 4.74 Å². The second kappa shape index (κ2) is 5.78. The molecule has 2 amide bonds. The van der Waals surface area contributed by atoms with Gasteiger partial charge in [0.1, 0.15) is 0 Å². The zero-order chi connectivity index (χ0) is 16.4. The van der Waals surface area contributed by atoms with Crippen LogP contribution in [0.4, 0.5) is 5.69 Å². The first-order valence-corrected chi connectivity index (χ1v) is 6.80. The van der Waals surface area contributed by atoms with E-state index in [1.807, 2.05) is 0 Å². The van der Waals surface area contributed by atoms with Crippen LogP contribution in [-0.2, 0) is 9.53 Å². The van der Waals surface area contributed by atoms with E-state index in [-0.39, 0.29) is 0 Å². The number of benzene rings is 2. The number of imide groups is 1. The minimum Gasteiger partial charge on any atom is -0.459 e. The molecule has 5 nitrogen and oxygen atoms in total. The van der Waals surface area contributed by atoms with Crippen molar-refractivity contribution >= 4 is 23.5 Å². The summed E-state index contributed by atoms with van der Waals surface area (Å²) in [6.07, 6.45) is 0. The quantitative estimate of drug-likeness (QED) is 0.459. The van der Waals surface area contributed by atoms with Crippen LogP contribution in [0.3, 0.4) is 0 Å². The van der Waals surface area contributed by atoms with Gasteiger partial charge >= 0.3 is 5.97 Å². The normalized spacial score (nSPS) is 12.5. The first-order chi connectivity index (χ1) is 11.1. The van der Waals surface area contributed by atoms with Crippen LogP contribution in [0.15, 0.2) is 48.5 Å². The van der Waals surface area contributed by atoms with E-state index in [9.17, 15) is 14.4 Å². The Bertz CT molecular complexity index is 854. The summed E-state index contributed by atoms with van der Waals surface area (Å²) in [5, 5.41) is 0. The zero-order valence-electron chi connectivity index (χ0n) is 12.2. The van der Waals surface area contributed by atoms with Crippen molar-refractivity contribution < 1.29 is 19.1 Å². The molecule has 1 heterocycles. The summed E-state index contributed by atoms with van der Waals surface area (Å²) in [5.41, 5.74) is 1.45. The van der Waals surface area contributed by atoms with Gasteiger partial charge in [-0.05, 0) is 24.3 Å². The molecule has 1 aliphatic heterocycles. The average molecular weight is 305 g/mol. The average Bonchev–Trinajstić information content (AvgIpc) is 2.84. The third-order valence-electron chi connectivity index (χ3n) is 3.42. The van der Waals surface area contributed by atoms with Crippen LogP contribution in [-0.4, -0.2) is 24.9 Å². The molecular formula is C18H11NO4. The van der Waals surface area contributed by atoms with E-state index in [1.54, 1.807) is 48.5 Å². The first-order valence-electron chi connectivity index (χ1n) is 6.80. The number of ether oxygens (including phenoxy) is 1. The van der Waals surface area contributed by atoms with Crippen LogP contribution in [0.2, 0.25) is 0 Å². The van der Waals surface area contributed by atoms with E-state index >= 15 is 0 Å². The molecule has 112 valence electrons. The monoisotopic (exact) mass is 305 g/mol. The molecule has 2 aromatic rings. The van der Waals surface area contributed by atoms with Crippen LogP contribution in [0.5, 0.6) is 0 Å². The first kappa shape index (κ1) is 14.5. The van der Waals surface area contributed by atoms with Gasteiger partial charge in [0.25, 0.3) is 11.8 Å². The molecule has 1 aliphatic rings. The lowest BCUT2D eigenvalue weighted by Gasteiger charge is -2.15. The van der Waals surface area contributed by atoms with Crippen LogP contribution in [0.25, 0.3) is 0 Å². The van der Waals surface area contributed by atoms with E-state index in [1.165, 1.54) is 7.11 Å². The van der Waals surface area contributed by atoms with E-state index in [2.05, 4.69) is 16.6 Å². The number of esters is 1. The minimum absolute atomic E-state index is 0.343. The molecule has 0 fully saturated rings. The van der Waals surface area contributed by atoms with Crippen molar-refractivity contribution in [2.75, 3.05) is 12.0 Å². The predicted molar refractivity (Wildman–Crippen MR) is 82.9 cm³/mol. The number of hydrogen-bond donors (Lipinski definition) is 0. The van der Waals surface area contributed by atoms with Crippen molar-refractivity contribution in [3.63, 3.8) is 0 Å². The predicted octanol–water partition coefficient (Wildman–Crippen LogP) is 2.01. The molecule has 0 atom stereocenters. The smallest absolute Gasteiger partial charge is 0.384 e. The number of carbonyl (C=O) groups excluding carboxylic acids is 3. The maximum atomic E-state index is 12.5. The van der Waals surface area contributed by atoms with Gasteiger partial charge in [0, 0.05) is 11.5 Å². The summed E-state index contributed by atoms with van der Waals surface area (Å²) in [5.74, 6) is 3.44. The Morgan fingerprint density at radius 1 is 0.957 bits per heavy atom. The lowest BCUT2D eigenvalue weighted by atomic mass is 10.1. The summed E-state index contributed by atoms with van der Waals surface area (Å²) >= 11 is 0. The van der Waals surface area contributed by atoms with Crippen LogP contribution >= 0.6 is 0 Å². The van der Waals surface area contributed by atoms with Crippen molar-refractivity contribution in [1.29, 1.82) is 0 Å². The van der Waals surface area contributed by atoms with Gasteiger partial charge in [-0.1, -0.05) is 30.2 Å². The molecule has 0 bridgehead atoms. The number of anilines is 1. The van der Waals surface area contributed by atoms with E-state index in [4.69, 9.17) is 0 Å². The van der Waals surface area contributed by atoms with E-state index in [0.29, 0.717) is 22.4 Å². The topological polar surface area (TPSA) is 63.7 Å². The Morgan fingerprint density at radius 3 is 2.13 bits per heavy atom. The number of amides is 2. The highest BCUT2D eigenvalue weighted by atomic mass is 16.5. The van der Waals surface area contributed by atoms with Crippen LogP contribution < -0.4 is 4.90 Å². The van der Waals surface area contributed by atoms with Gasteiger partial charge in [-0.15, -0.1) is 0 Å². The lowest BCUT2D eigenvalue weighted by Crippen LogP contribution is -2.30. The molecular weight excluding hydrogens is 294 g/mol. The molecule has 0 aliphatic carbocycles. The number of hydrogen-bond acceptors (Lipinski definition) is 4. The van der Waals surface area contributed by atoms with E-state index in [0.717, 1.165) is 4.90 Å². The molecule has 23 heavy (non-hydrogen) atoms. The third kappa shape index (κ3) is 2.47. The second-order valence-electron chi connectivity index (χ2n) is 4.75. The highest BCUT2D eigenvalue weighted by Gasteiger charge is 2.37. The molecule has 0 N–H and O–H groups in total. The summed E-state index contributed by atoms with van der Waals surface area (Å²) in [6.45, 7) is 0. The maximum Gasteiger partial charge on any atom is 0.384 e. The summed E-state index contributed by atoms with van der Waals surface area (Å²) in [4.78, 5) is 37.3. The number of nitrogens with zero attached hydrogens (tertiary/aromatic N) is 1. The Hall–Kier alpha value is -3.39. The third-order valence-corrected chi connectivity index (χ3v) is 3.42. The van der Waals surface area contributed by atoms with Gasteiger partial charge in [-0.25, -0.2) is 9.69 Å². The van der Waals surface area contributed by atoms with Crippen LogP contribution in [0.1, 0.15) is 26.3 Å². The number of para-hydroxylation sites is 1. The van der Waals surface area contributed by atoms with Crippen LogP contribution in [0, 0.1) is 11.8 Å². The number of carbonyl (C=O) groups is 3. The SMILES string of the molecule is COC(=O)C#Cc1ccccc1N1C(=O)c2ccccc2C1=O. The molecule has 5 heteroatoms. The molecule has 0 unspecified atom stereocenters. The Kier molecular flexibility index (Phi) is 3.65. The van der Waals surface area contributed by atoms with Gasteiger partial charge in [0.15, 0.2) is 0 Å². The van der Waals surface area contributed by atoms with Gasteiger partial charge in [-0.3, -0.25) is 9.59 Å². The molecule has 0 aromatic heterocycles. The Balaban J connectivity index is 2.07. The molecule has 0 saturated heterocycles. The highest BCUT2D eigenvalue weighted by Crippen LogP contribution is 2.30.